The molecule has 0 spiro atoms. The van der Waals surface area contributed by atoms with E-state index in [0.29, 0.717) is 0 Å². The van der Waals surface area contributed by atoms with Crippen molar-refractivity contribution in [2.24, 2.45) is 11.7 Å². The molecule has 76 valence electrons. The normalized spacial score (nSPS) is 27.5. The standard InChI is InChI=1S/C12H23N/c1-2-11-5-3-6-12(9-8-11)7-4-10-13/h7,11H,2-6,8-10,13H2,1H3. The fourth-order valence-corrected chi connectivity index (χ4v) is 2.18. The Morgan fingerprint density at radius 3 is 2.92 bits per heavy atom. The molecule has 1 unspecified atom stereocenters. The van der Waals surface area contributed by atoms with Crippen LogP contribution in [0.25, 0.3) is 0 Å². The molecule has 0 saturated heterocycles. The molecule has 1 saturated carbocycles. The van der Waals surface area contributed by atoms with Gasteiger partial charge in [0.1, 0.15) is 0 Å². The highest BCUT2D eigenvalue weighted by Gasteiger charge is 2.12. The van der Waals surface area contributed by atoms with Gasteiger partial charge in [0, 0.05) is 0 Å². The summed E-state index contributed by atoms with van der Waals surface area (Å²) in [4.78, 5) is 0. The van der Waals surface area contributed by atoms with Gasteiger partial charge in [-0.15, -0.1) is 0 Å². The number of hydrogen-bond donors (Lipinski definition) is 1. The molecule has 1 fully saturated rings. The smallest absolute Gasteiger partial charge is 0.00425 e. The lowest BCUT2D eigenvalue weighted by Crippen LogP contribution is -1.97. The van der Waals surface area contributed by atoms with E-state index in [1.807, 2.05) is 0 Å². The molecule has 0 bridgehead atoms. The Morgan fingerprint density at radius 1 is 1.38 bits per heavy atom. The SMILES string of the molecule is CCC1CCCC(=CCCN)CC1. The van der Waals surface area contributed by atoms with Crippen LogP contribution in [0.4, 0.5) is 0 Å². The summed E-state index contributed by atoms with van der Waals surface area (Å²) in [6.45, 7) is 3.12. The third-order valence-corrected chi connectivity index (χ3v) is 3.16. The van der Waals surface area contributed by atoms with E-state index in [1.54, 1.807) is 5.57 Å². The van der Waals surface area contributed by atoms with Crippen LogP contribution < -0.4 is 5.73 Å². The van der Waals surface area contributed by atoms with E-state index in [-0.39, 0.29) is 0 Å². The van der Waals surface area contributed by atoms with Crippen LogP contribution in [0.1, 0.15) is 51.9 Å². The molecule has 13 heavy (non-hydrogen) atoms. The van der Waals surface area contributed by atoms with Crippen molar-refractivity contribution in [1.29, 1.82) is 0 Å². The van der Waals surface area contributed by atoms with Crippen molar-refractivity contribution in [3.63, 3.8) is 0 Å². The number of allylic oxidation sites excluding steroid dienone is 1. The molecular weight excluding hydrogens is 158 g/mol. The van der Waals surface area contributed by atoms with Crippen molar-refractivity contribution in [3.05, 3.63) is 11.6 Å². The van der Waals surface area contributed by atoms with Gasteiger partial charge >= 0.3 is 0 Å². The van der Waals surface area contributed by atoms with Gasteiger partial charge in [-0.25, -0.2) is 0 Å². The Bertz CT molecular complexity index is 161. The molecule has 0 aliphatic heterocycles. The monoisotopic (exact) mass is 181 g/mol. The first-order valence-corrected chi connectivity index (χ1v) is 5.74. The van der Waals surface area contributed by atoms with Crippen molar-refractivity contribution in [2.45, 2.75) is 51.9 Å². The van der Waals surface area contributed by atoms with Gasteiger partial charge < -0.3 is 5.73 Å². The second-order valence-electron chi connectivity index (χ2n) is 4.14. The quantitative estimate of drug-likeness (QED) is 0.525. The maximum absolute atomic E-state index is 5.49. The summed E-state index contributed by atoms with van der Waals surface area (Å²) in [6, 6.07) is 0. The van der Waals surface area contributed by atoms with E-state index in [1.165, 1.54) is 38.5 Å². The van der Waals surface area contributed by atoms with E-state index in [2.05, 4.69) is 13.0 Å². The second kappa shape index (κ2) is 6.20. The van der Waals surface area contributed by atoms with Gasteiger partial charge in [0.05, 0.1) is 0 Å². The summed E-state index contributed by atoms with van der Waals surface area (Å²) >= 11 is 0. The summed E-state index contributed by atoms with van der Waals surface area (Å²) in [7, 11) is 0. The van der Waals surface area contributed by atoms with Crippen LogP contribution in [-0.2, 0) is 0 Å². The van der Waals surface area contributed by atoms with E-state index in [4.69, 9.17) is 5.73 Å². The summed E-state index contributed by atoms with van der Waals surface area (Å²) in [5.41, 5.74) is 7.16. The number of hydrogen-bond acceptors (Lipinski definition) is 1. The fraction of sp³-hybridized carbons (Fsp3) is 0.833. The molecule has 1 atom stereocenters. The lowest BCUT2D eigenvalue weighted by Gasteiger charge is -2.08. The fourth-order valence-electron chi connectivity index (χ4n) is 2.18. The van der Waals surface area contributed by atoms with Gasteiger partial charge in [0.15, 0.2) is 0 Å². The maximum atomic E-state index is 5.49. The number of rotatable bonds is 3. The van der Waals surface area contributed by atoms with Gasteiger partial charge in [0.2, 0.25) is 0 Å². The minimum Gasteiger partial charge on any atom is -0.330 e. The highest BCUT2D eigenvalue weighted by Crippen LogP contribution is 2.28. The molecule has 0 aromatic carbocycles. The minimum absolute atomic E-state index is 0.806. The van der Waals surface area contributed by atoms with E-state index in [9.17, 15) is 0 Å². The average molecular weight is 181 g/mol. The van der Waals surface area contributed by atoms with Crippen LogP contribution in [0.2, 0.25) is 0 Å². The zero-order valence-corrected chi connectivity index (χ0v) is 8.89. The summed E-state index contributed by atoms with van der Waals surface area (Å²) < 4.78 is 0. The van der Waals surface area contributed by atoms with Crippen LogP contribution in [0, 0.1) is 5.92 Å². The zero-order chi connectivity index (χ0) is 9.52. The van der Waals surface area contributed by atoms with E-state index >= 15 is 0 Å². The molecule has 0 aromatic rings. The zero-order valence-electron chi connectivity index (χ0n) is 8.89. The van der Waals surface area contributed by atoms with Gasteiger partial charge in [0.25, 0.3) is 0 Å². The molecule has 2 N–H and O–H groups in total. The molecule has 0 heterocycles. The first-order chi connectivity index (χ1) is 6.36. The Morgan fingerprint density at radius 2 is 2.23 bits per heavy atom. The Labute approximate surface area is 82.4 Å². The lowest BCUT2D eigenvalue weighted by molar-refractivity contribution is 0.449. The molecular formula is C12H23N. The van der Waals surface area contributed by atoms with Gasteiger partial charge in [-0.2, -0.15) is 0 Å². The van der Waals surface area contributed by atoms with Crippen molar-refractivity contribution in [2.75, 3.05) is 6.54 Å². The van der Waals surface area contributed by atoms with Crippen molar-refractivity contribution in [3.8, 4) is 0 Å². The summed E-state index contributed by atoms with van der Waals surface area (Å²) in [5.74, 6) is 0.990. The molecule has 1 rings (SSSR count). The predicted molar refractivity (Wildman–Crippen MR) is 58.6 cm³/mol. The molecule has 1 heteroatoms. The van der Waals surface area contributed by atoms with Gasteiger partial charge in [-0.1, -0.05) is 31.4 Å². The second-order valence-corrected chi connectivity index (χ2v) is 4.14. The summed E-state index contributed by atoms with van der Waals surface area (Å²) in [5, 5.41) is 0. The molecule has 1 aliphatic carbocycles. The van der Waals surface area contributed by atoms with E-state index in [0.717, 1.165) is 18.9 Å². The van der Waals surface area contributed by atoms with Gasteiger partial charge in [-0.05, 0) is 44.6 Å². The Hall–Kier alpha value is -0.300. The van der Waals surface area contributed by atoms with Crippen LogP contribution in [0.15, 0.2) is 11.6 Å². The first-order valence-electron chi connectivity index (χ1n) is 5.74. The highest BCUT2D eigenvalue weighted by molar-refractivity contribution is 5.03. The lowest BCUT2D eigenvalue weighted by atomic mass is 9.97. The number of nitrogens with two attached hydrogens (primary N) is 1. The van der Waals surface area contributed by atoms with Gasteiger partial charge in [-0.3, -0.25) is 0 Å². The average Bonchev–Trinajstić information content (AvgIpc) is 2.39. The van der Waals surface area contributed by atoms with Crippen LogP contribution in [0.3, 0.4) is 0 Å². The molecule has 1 nitrogen and oxygen atoms in total. The largest absolute Gasteiger partial charge is 0.330 e. The topological polar surface area (TPSA) is 26.0 Å². The molecule has 0 radical (unpaired) electrons. The van der Waals surface area contributed by atoms with Crippen molar-refractivity contribution >= 4 is 0 Å². The van der Waals surface area contributed by atoms with E-state index < -0.39 is 0 Å². The predicted octanol–water partition coefficient (Wildman–Crippen LogP) is 3.25. The third-order valence-electron chi connectivity index (χ3n) is 3.16. The van der Waals surface area contributed by atoms with Crippen LogP contribution in [-0.4, -0.2) is 6.54 Å². The Kier molecular flexibility index (Phi) is 5.14. The van der Waals surface area contributed by atoms with Crippen LogP contribution >= 0.6 is 0 Å². The maximum Gasteiger partial charge on any atom is -0.00425 e. The summed E-state index contributed by atoms with van der Waals surface area (Å²) in [6.07, 6.45) is 11.7. The Balaban J connectivity index is 2.35. The molecule has 1 aliphatic rings. The van der Waals surface area contributed by atoms with Crippen molar-refractivity contribution in [1.82, 2.24) is 0 Å². The first kappa shape index (κ1) is 10.8. The third kappa shape index (κ3) is 3.95. The minimum atomic E-state index is 0.806. The molecule has 0 amide bonds. The van der Waals surface area contributed by atoms with Crippen LogP contribution in [0.5, 0.6) is 0 Å². The molecule has 0 aromatic heterocycles. The highest BCUT2D eigenvalue weighted by atomic mass is 14.5. The van der Waals surface area contributed by atoms with Crippen molar-refractivity contribution < 1.29 is 0 Å².